The van der Waals surface area contributed by atoms with E-state index >= 15 is 0 Å². The average Bonchev–Trinajstić information content (AvgIpc) is 3.02. The lowest BCUT2D eigenvalue weighted by atomic mass is 10.1. The maximum absolute atomic E-state index is 5.84. The number of benzene rings is 1. The van der Waals surface area contributed by atoms with Crippen LogP contribution >= 0.6 is 22.9 Å². The Labute approximate surface area is 129 Å². The van der Waals surface area contributed by atoms with Crippen LogP contribution in [0.15, 0.2) is 18.2 Å². The van der Waals surface area contributed by atoms with Crippen LogP contribution < -0.4 is 10.1 Å². The Morgan fingerprint density at radius 1 is 1.21 bits per heavy atom. The van der Waals surface area contributed by atoms with E-state index in [9.17, 15) is 0 Å². The molecule has 0 radical (unpaired) electrons. The molecule has 4 heteroatoms. The maximum atomic E-state index is 5.84. The fourth-order valence-corrected chi connectivity index (χ4v) is 3.72. The molecule has 1 aromatic carbocycles. The zero-order valence-electron chi connectivity index (χ0n) is 11.2. The number of halogens is 1. The van der Waals surface area contributed by atoms with Crippen LogP contribution in [-0.2, 0) is 13.1 Å². The van der Waals surface area contributed by atoms with Gasteiger partial charge in [-0.25, -0.2) is 3.11 Å². The van der Waals surface area contributed by atoms with Crippen LogP contribution in [0.4, 0.5) is 0 Å². The van der Waals surface area contributed by atoms with E-state index in [1.165, 1.54) is 36.8 Å². The van der Waals surface area contributed by atoms with E-state index in [1.807, 2.05) is 0 Å². The molecule has 0 spiro atoms. The minimum absolute atomic E-state index is 0.733. The second-order valence-electron chi connectivity index (χ2n) is 5.49. The molecule has 1 aliphatic heterocycles. The highest BCUT2D eigenvalue weighted by molar-refractivity contribution is 14.1. The molecule has 0 amide bonds. The summed E-state index contributed by atoms with van der Waals surface area (Å²) >= 11 is 2.38. The van der Waals surface area contributed by atoms with Crippen molar-refractivity contribution in [1.29, 1.82) is 0 Å². The van der Waals surface area contributed by atoms with E-state index in [0.717, 1.165) is 38.0 Å². The van der Waals surface area contributed by atoms with Crippen molar-refractivity contribution in [2.45, 2.75) is 44.8 Å². The van der Waals surface area contributed by atoms with Crippen LogP contribution in [0, 0.1) is 0 Å². The molecule has 1 aromatic rings. The monoisotopic (exact) mass is 372 g/mol. The van der Waals surface area contributed by atoms with Gasteiger partial charge in [-0.15, -0.1) is 0 Å². The Hall–Kier alpha value is -0.330. The average molecular weight is 372 g/mol. The highest BCUT2D eigenvalue weighted by Gasteiger charge is 2.17. The molecule has 0 aromatic heterocycles. The van der Waals surface area contributed by atoms with Gasteiger partial charge in [0.1, 0.15) is 12.4 Å². The molecular weight excluding hydrogens is 351 g/mol. The molecule has 2 aliphatic rings. The van der Waals surface area contributed by atoms with Crippen molar-refractivity contribution in [3.05, 3.63) is 29.3 Å². The number of hydrogen-bond donors (Lipinski definition) is 1. The van der Waals surface area contributed by atoms with Crippen molar-refractivity contribution in [1.82, 2.24) is 8.43 Å². The molecule has 0 bridgehead atoms. The van der Waals surface area contributed by atoms with E-state index in [2.05, 4.69) is 49.5 Å². The van der Waals surface area contributed by atoms with Crippen molar-refractivity contribution in [3.63, 3.8) is 0 Å². The standard InChI is InChI=1S/C15H21IN2O/c16-18-10-12-5-6-15(9-13(12)11-18)19-8-7-17-14-3-1-2-4-14/h5-6,9,14,17H,1-4,7-8,10-11H2. The van der Waals surface area contributed by atoms with Crippen molar-refractivity contribution in [2.75, 3.05) is 13.2 Å². The normalized spacial score (nSPS) is 19.8. The highest BCUT2D eigenvalue weighted by Crippen LogP contribution is 2.28. The van der Waals surface area contributed by atoms with Crippen LogP contribution in [0.25, 0.3) is 0 Å². The first-order valence-electron chi connectivity index (χ1n) is 7.20. The summed E-state index contributed by atoms with van der Waals surface area (Å²) in [4.78, 5) is 0. The lowest BCUT2D eigenvalue weighted by molar-refractivity contribution is 0.305. The van der Waals surface area contributed by atoms with Crippen molar-refractivity contribution in [3.8, 4) is 5.75 Å². The van der Waals surface area contributed by atoms with Gasteiger partial charge in [-0.2, -0.15) is 0 Å². The molecule has 1 heterocycles. The van der Waals surface area contributed by atoms with Crippen LogP contribution in [0.1, 0.15) is 36.8 Å². The number of ether oxygens (including phenoxy) is 1. The van der Waals surface area contributed by atoms with Crippen LogP contribution in [0.5, 0.6) is 5.75 Å². The molecule has 0 unspecified atom stereocenters. The van der Waals surface area contributed by atoms with Gasteiger partial charge in [0, 0.05) is 48.5 Å². The number of nitrogens with one attached hydrogen (secondary N) is 1. The first-order chi connectivity index (χ1) is 9.31. The Bertz CT molecular complexity index is 432. The predicted molar refractivity (Wildman–Crippen MR) is 85.5 cm³/mol. The van der Waals surface area contributed by atoms with Gasteiger partial charge in [-0.3, -0.25) is 0 Å². The third-order valence-corrected chi connectivity index (χ3v) is 4.70. The summed E-state index contributed by atoms with van der Waals surface area (Å²) < 4.78 is 8.14. The molecule has 3 nitrogen and oxygen atoms in total. The molecule has 1 fully saturated rings. The molecule has 0 saturated heterocycles. The third kappa shape index (κ3) is 3.61. The molecule has 1 saturated carbocycles. The van der Waals surface area contributed by atoms with Crippen molar-refractivity contribution < 1.29 is 4.74 Å². The minimum atomic E-state index is 0.733. The fourth-order valence-electron chi connectivity index (χ4n) is 2.98. The van der Waals surface area contributed by atoms with Gasteiger partial charge in [0.2, 0.25) is 0 Å². The predicted octanol–water partition coefficient (Wildman–Crippen LogP) is 3.26. The number of rotatable bonds is 5. The summed E-state index contributed by atoms with van der Waals surface area (Å²) in [6.45, 7) is 3.82. The van der Waals surface area contributed by atoms with E-state index in [1.54, 1.807) is 0 Å². The van der Waals surface area contributed by atoms with E-state index < -0.39 is 0 Å². The van der Waals surface area contributed by atoms with Gasteiger partial charge < -0.3 is 10.1 Å². The molecule has 1 N–H and O–H groups in total. The van der Waals surface area contributed by atoms with Gasteiger partial charge in [-0.1, -0.05) is 18.9 Å². The lowest BCUT2D eigenvalue weighted by Crippen LogP contribution is -2.30. The number of nitrogens with zero attached hydrogens (tertiary/aromatic N) is 1. The van der Waals surface area contributed by atoms with E-state index in [-0.39, 0.29) is 0 Å². The fraction of sp³-hybridized carbons (Fsp3) is 0.600. The SMILES string of the molecule is IN1Cc2ccc(OCCNC3CCCC3)cc2C1. The van der Waals surface area contributed by atoms with Crippen molar-refractivity contribution in [2.24, 2.45) is 0 Å². The Morgan fingerprint density at radius 3 is 2.84 bits per heavy atom. The van der Waals surface area contributed by atoms with Gasteiger partial charge in [-0.05, 0) is 36.1 Å². The summed E-state index contributed by atoms with van der Waals surface area (Å²) in [5, 5.41) is 3.58. The van der Waals surface area contributed by atoms with Gasteiger partial charge in [0.25, 0.3) is 0 Å². The quantitative estimate of drug-likeness (QED) is 0.488. The molecule has 19 heavy (non-hydrogen) atoms. The highest BCUT2D eigenvalue weighted by atomic mass is 127. The number of fused-ring (bicyclic) bond motifs is 1. The Kier molecular flexibility index (Phi) is 4.61. The zero-order valence-corrected chi connectivity index (χ0v) is 13.4. The summed E-state index contributed by atoms with van der Waals surface area (Å²) in [6.07, 6.45) is 5.45. The topological polar surface area (TPSA) is 24.5 Å². The van der Waals surface area contributed by atoms with E-state index in [0.29, 0.717) is 0 Å². The van der Waals surface area contributed by atoms with Gasteiger partial charge >= 0.3 is 0 Å². The molecule has 0 atom stereocenters. The summed E-state index contributed by atoms with van der Waals surface area (Å²) in [5.74, 6) is 1.01. The molecule has 104 valence electrons. The molecule has 1 aliphatic carbocycles. The zero-order chi connectivity index (χ0) is 13.1. The summed E-state index contributed by atoms with van der Waals surface area (Å²) in [5.41, 5.74) is 2.85. The number of hydrogen-bond acceptors (Lipinski definition) is 3. The Morgan fingerprint density at radius 2 is 2.00 bits per heavy atom. The smallest absolute Gasteiger partial charge is 0.119 e. The third-order valence-electron chi connectivity index (χ3n) is 4.02. The van der Waals surface area contributed by atoms with E-state index in [4.69, 9.17) is 4.74 Å². The maximum Gasteiger partial charge on any atom is 0.119 e. The van der Waals surface area contributed by atoms with Crippen molar-refractivity contribution >= 4 is 22.9 Å². The lowest BCUT2D eigenvalue weighted by Gasteiger charge is -2.12. The van der Waals surface area contributed by atoms with Gasteiger partial charge in [0.15, 0.2) is 0 Å². The molecular formula is C15H21IN2O. The van der Waals surface area contributed by atoms with Crippen LogP contribution in [-0.4, -0.2) is 22.3 Å². The minimum Gasteiger partial charge on any atom is -0.492 e. The summed E-state index contributed by atoms with van der Waals surface area (Å²) in [7, 11) is 0. The first-order valence-corrected chi connectivity index (χ1v) is 8.16. The second kappa shape index (κ2) is 6.41. The Balaban J connectivity index is 1.44. The first kappa shape index (κ1) is 13.6. The summed E-state index contributed by atoms with van der Waals surface area (Å²) in [6, 6.07) is 7.23. The van der Waals surface area contributed by atoms with Crippen LogP contribution in [0.3, 0.4) is 0 Å². The van der Waals surface area contributed by atoms with Crippen LogP contribution in [0.2, 0.25) is 0 Å². The largest absolute Gasteiger partial charge is 0.492 e. The van der Waals surface area contributed by atoms with Gasteiger partial charge in [0.05, 0.1) is 0 Å². The molecule has 3 rings (SSSR count). The second-order valence-corrected chi connectivity index (χ2v) is 6.86.